The maximum Gasteiger partial charge on any atom is 0.306 e. The first-order valence-corrected chi connectivity index (χ1v) is 12.6. The second-order valence-electron chi connectivity index (χ2n) is 8.76. The Morgan fingerprint density at radius 3 is 2.11 bits per heavy atom. The van der Waals surface area contributed by atoms with Crippen LogP contribution in [0.4, 0.5) is 11.4 Å². The van der Waals surface area contributed by atoms with Gasteiger partial charge in [-0.3, -0.25) is 14.4 Å². The topological polar surface area (TPSA) is 93.7 Å². The van der Waals surface area contributed by atoms with Crippen LogP contribution in [0.15, 0.2) is 91.0 Å². The number of rotatable bonds is 11. The third-order valence-electron chi connectivity index (χ3n) is 5.91. The van der Waals surface area contributed by atoms with Gasteiger partial charge in [-0.2, -0.15) is 0 Å². The molecule has 0 bridgehead atoms. The van der Waals surface area contributed by atoms with Crippen LogP contribution < -0.4 is 15.4 Å². The average Bonchev–Trinajstić information content (AvgIpc) is 2.93. The van der Waals surface area contributed by atoms with E-state index in [1.165, 1.54) is 5.56 Å². The van der Waals surface area contributed by atoms with Crippen LogP contribution in [0.1, 0.15) is 31.7 Å². The zero-order valence-corrected chi connectivity index (χ0v) is 21.2. The third-order valence-corrected chi connectivity index (χ3v) is 5.91. The fraction of sp³-hybridized carbons (Fsp3) is 0.194. The summed E-state index contributed by atoms with van der Waals surface area (Å²) in [6.07, 6.45) is 1.42. The van der Waals surface area contributed by atoms with Crippen LogP contribution in [0, 0.1) is 0 Å². The molecule has 4 rings (SSSR count). The van der Waals surface area contributed by atoms with E-state index in [2.05, 4.69) is 17.6 Å². The lowest BCUT2D eigenvalue weighted by molar-refractivity contribution is -0.147. The summed E-state index contributed by atoms with van der Waals surface area (Å²) in [5, 5.41) is 7.61. The summed E-state index contributed by atoms with van der Waals surface area (Å²) in [4.78, 5) is 36.2. The standard InChI is InChI=1S/C31H30N2O5/c1-2-22-13-15-24(16-14-22)33-30(35)21-37-31(36)12-6-11-29(34)32-25-17-19-26(20-18-25)38-28-10-5-8-23-7-3-4-9-27(23)28/h3-5,7-10,13-20H,2,6,11-12,21H2,1H3,(H,32,34)(H,33,35). The maximum absolute atomic E-state index is 12.3. The zero-order valence-electron chi connectivity index (χ0n) is 21.2. The van der Waals surface area contributed by atoms with E-state index in [9.17, 15) is 14.4 Å². The van der Waals surface area contributed by atoms with Crippen LogP contribution in [-0.2, 0) is 25.5 Å². The summed E-state index contributed by atoms with van der Waals surface area (Å²) >= 11 is 0. The van der Waals surface area contributed by atoms with Crippen LogP contribution in [0.5, 0.6) is 11.5 Å². The molecule has 194 valence electrons. The van der Waals surface area contributed by atoms with Crippen molar-refractivity contribution in [3.63, 3.8) is 0 Å². The lowest BCUT2D eigenvalue weighted by Crippen LogP contribution is -2.21. The fourth-order valence-corrected chi connectivity index (χ4v) is 3.87. The van der Waals surface area contributed by atoms with Gasteiger partial charge in [0.25, 0.3) is 5.91 Å². The summed E-state index contributed by atoms with van der Waals surface area (Å²) < 4.78 is 11.0. The molecule has 0 heterocycles. The van der Waals surface area contributed by atoms with Gasteiger partial charge in [0.1, 0.15) is 11.5 Å². The van der Waals surface area contributed by atoms with E-state index in [1.54, 1.807) is 24.3 Å². The van der Waals surface area contributed by atoms with Gasteiger partial charge in [-0.1, -0.05) is 55.5 Å². The van der Waals surface area contributed by atoms with Crippen LogP contribution in [0.25, 0.3) is 10.8 Å². The first-order chi connectivity index (χ1) is 18.5. The highest BCUT2D eigenvalue weighted by Crippen LogP contribution is 2.30. The van der Waals surface area contributed by atoms with Gasteiger partial charge in [0, 0.05) is 29.6 Å². The summed E-state index contributed by atoms with van der Waals surface area (Å²) in [5.74, 6) is 0.269. The van der Waals surface area contributed by atoms with Gasteiger partial charge in [0.15, 0.2) is 6.61 Å². The number of fused-ring (bicyclic) bond motifs is 1. The molecule has 0 saturated carbocycles. The number of nitrogens with one attached hydrogen (secondary N) is 2. The summed E-state index contributed by atoms with van der Waals surface area (Å²) in [6.45, 7) is 1.69. The van der Waals surface area contributed by atoms with Crippen molar-refractivity contribution < 1.29 is 23.9 Å². The van der Waals surface area contributed by atoms with Crippen molar-refractivity contribution in [2.75, 3.05) is 17.2 Å². The summed E-state index contributed by atoms with van der Waals surface area (Å²) in [5.41, 5.74) is 2.45. The highest BCUT2D eigenvalue weighted by Gasteiger charge is 2.10. The molecule has 0 aliphatic rings. The number of benzene rings is 4. The predicted molar refractivity (Wildman–Crippen MR) is 148 cm³/mol. The minimum Gasteiger partial charge on any atom is -0.457 e. The van der Waals surface area contributed by atoms with E-state index in [0.717, 1.165) is 22.9 Å². The third kappa shape index (κ3) is 7.67. The highest BCUT2D eigenvalue weighted by molar-refractivity contribution is 5.93. The van der Waals surface area contributed by atoms with Crippen LogP contribution >= 0.6 is 0 Å². The van der Waals surface area contributed by atoms with Crippen LogP contribution in [0.2, 0.25) is 0 Å². The monoisotopic (exact) mass is 510 g/mol. The van der Waals surface area contributed by atoms with Crippen molar-refractivity contribution >= 4 is 39.9 Å². The second-order valence-corrected chi connectivity index (χ2v) is 8.76. The van der Waals surface area contributed by atoms with E-state index >= 15 is 0 Å². The molecule has 0 aromatic heterocycles. The van der Waals surface area contributed by atoms with Gasteiger partial charge in [0.2, 0.25) is 5.91 Å². The minimum atomic E-state index is -0.524. The zero-order chi connectivity index (χ0) is 26.7. The van der Waals surface area contributed by atoms with Gasteiger partial charge >= 0.3 is 5.97 Å². The second kappa shape index (κ2) is 13.1. The van der Waals surface area contributed by atoms with Gasteiger partial charge in [-0.25, -0.2) is 0 Å². The van der Waals surface area contributed by atoms with E-state index < -0.39 is 11.9 Å². The fourth-order valence-electron chi connectivity index (χ4n) is 3.87. The van der Waals surface area contributed by atoms with E-state index in [1.807, 2.05) is 66.7 Å². The Kier molecular flexibility index (Phi) is 9.07. The number of anilines is 2. The number of amides is 2. The Balaban J connectivity index is 1.15. The van der Waals surface area contributed by atoms with Crippen molar-refractivity contribution in [3.05, 3.63) is 96.6 Å². The summed E-state index contributed by atoms with van der Waals surface area (Å²) in [7, 11) is 0. The van der Waals surface area contributed by atoms with Crippen molar-refractivity contribution in [2.45, 2.75) is 32.6 Å². The van der Waals surface area contributed by atoms with Gasteiger partial charge < -0.3 is 20.1 Å². The molecular formula is C31H30N2O5. The minimum absolute atomic E-state index is 0.0453. The largest absolute Gasteiger partial charge is 0.457 e. The molecule has 7 nitrogen and oxygen atoms in total. The molecule has 4 aromatic carbocycles. The molecule has 0 unspecified atom stereocenters. The molecule has 0 fully saturated rings. The van der Waals surface area contributed by atoms with Gasteiger partial charge in [-0.05, 0) is 66.3 Å². The molecule has 4 aromatic rings. The first kappa shape index (κ1) is 26.4. The molecule has 2 amide bonds. The van der Waals surface area contributed by atoms with Crippen LogP contribution in [-0.4, -0.2) is 24.4 Å². The van der Waals surface area contributed by atoms with Crippen LogP contribution in [0.3, 0.4) is 0 Å². The van der Waals surface area contributed by atoms with E-state index in [-0.39, 0.29) is 25.4 Å². The molecule has 0 aliphatic carbocycles. The van der Waals surface area contributed by atoms with Crippen molar-refractivity contribution in [2.24, 2.45) is 0 Å². The number of ether oxygens (including phenoxy) is 2. The Hall–Kier alpha value is -4.65. The number of carbonyl (C=O) groups excluding carboxylic acids is 3. The molecule has 0 radical (unpaired) electrons. The normalized spacial score (nSPS) is 10.6. The number of hydrogen-bond donors (Lipinski definition) is 2. The quantitative estimate of drug-likeness (QED) is 0.225. The van der Waals surface area contributed by atoms with Crippen molar-refractivity contribution in [1.29, 1.82) is 0 Å². The lowest BCUT2D eigenvalue weighted by Gasteiger charge is -2.10. The van der Waals surface area contributed by atoms with Gasteiger partial charge in [-0.15, -0.1) is 0 Å². The van der Waals surface area contributed by atoms with Crippen molar-refractivity contribution in [3.8, 4) is 11.5 Å². The van der Waals surface area contributed by atoms with E-state index in [0.29, 0.717) is 23.5 Å². The van der Waals surface area contributed by atoms with E-state index in [4.69, 9.17) is 9.47 Å². The summed E-state index contributed by atoms with van der Waals surface area (Å²) in [6, 6.07) is 28.5. The SMILES string of the molecule is CCc1ccc(NC(=O)COC(=O)CCCC(=O)Nc2ccc(Oc3cccc4ccccc34)cc2)cc1. The highest BCUT2D eigenvalue weighted by atomic mass is 16.5. The Morgan fingerprint density at radius 1 is 0.711 bits per heavy atom. The average molecular weight is 511 g/mol. The number of hydrogen-bond acceptors (Lipinski definition) is 5. The maximum atomic E-state index is 12.3. The first-order valence-electron chi connectivity index (χ1n) is 12.6. The Bertz CT molecular complexity index is 1390. The Morgan fingerprint density at radius 2 is 1.37 bits per heavy atom. The smallest absolute Gasteiger partial charge is 0.306 e. The molecular weight excluding hydrogens is 480 g/mol. The number of esters is 1. The molecule has 2 N–H and O–H groups in total. The number of carbonyl (C=O) groups is 3. The molecule has 0 saturated heterocycles. The molecule has 38 heavy (non-hydrogen) atoms. The lowest BCUT2D eigenvalue weighted by atomic mass is 10.1. The predicted octanol–water partition coefficient (Wildman–Crippen LogP) is 6.49. The van der Waals surface area contributed by atoms with Crippen molar-refractivity contribution in [1.82, 2.24) is 0 Å². The molecule has 0 spiro atoms. The number of aryl methyl sites for hydroxylation is 1. The van der Waals surface area contributed by atoms with Gasteiger partial charge in [0.05, 0.1) is 0 Å². The Labute approximate surface area is 221 Å². The molecule has 0 aliphatic heterocycles. The molecule has 7 heteroatoms. The molecule has 0 atom stereocenters.